The molecule has 0 spiro atoms. The Labute approximate surface area is 124 Å². The predicted molar refractivity (Wildman–Crippen MR) is 82.1 cm³/mol. The zero-order chi connectivity index (χ0) is 15.6. The van der Waals surface area contributed by atoms with Gasteiger partial charge in [0.1, 0.15) is 16.9 Å². The molecule has 1 unspecified atom stereocenters. The van der Waals surface area contributed by atoms with E-state index in [0.717, 1.165) is 16.5 Å². The van der Waals surface area contributed by atoms with Crippen molar-refractivity contribution in [3.05, 3.63) is 35.6 Å². The van der Waals surface area contributed by atoms with Crippen LogP contribution < -0.4 is 11.1 Å². The lowest BCUT2D eigenvalue weighted by Crippen LogP contribution is -2.36. The third-order valence-corrected chi connectivity index (χ3v) is 3.08. The van der Waals surface area contributed by atoms with E-state index in [4.69, 9.17) is 14.9 Å². The highest BCUT2D eigenvalue weighted by Gasteiger charge is 2.20. The molecule has 1 heterocycles. The minimum Gasteiger partial charge on any atom is -0.459 e. The van der Waals surface area contributed by atoms with Gasteiger partial charge in [-0.2, -0.15) is 0 Å². The van der Waals surface area contributed by atoms with Gasteiger partial charge in [0.25, 0.3) is 0 Å². The van der Waals surface area contributed by atoms with Gasteiger partial charge in [-0.15, -0.1) is 0 Å². The minimum atomic E-state index is -0.524. The average Bonchev–Trinajstić information content (AvgIpc) is 2.72. The molecule has 2 rings (SSSR count). The summed E-state index contributed by atoms with van der Waals surface area (Å²) in [4.78, 5) is 11.6. The zero-order valence-corrected chi connectivity index (χ0v) is 12.9. The van der Waals surface area contributed by atoms with E-state index in [1.54, 1.807) is 0 Å². The van der Waals surface area contributed by atoms with Crippen molar-refractivity contribution < 1.29 is 13.9 Å². The fourth-order valence-corrected chi connectivity index (χ4v) is 2.15. The van der Waals surface area contributed by atoms with Crippen molar-refractivity contribution in [3.8, 4) is 0 Å². The third-order valence-electron chi connectivity index (χ3n) is 3.08. The highest BCUT2D eigenvalue weighted by molar-refractivity contribution is 5.82. The number of aryl methyl sites for hydroxylation is 1. The van der Waals surface area contributed by atoms with Crippen molar-refractivity contribution in [2.24, 2.45) is 5.73 Å². The molecule has 0 radical (unpaired) electrons. The van der Waals surface area contributed by atoms with Gasteiger partial charge in [-0.25, -0.2) is 4.79 Å². The summed E-state index contributed by atoms with van der Waals surface area (Å²) in [6.45, 7) is 7.67. The number of amides is 1. The second-order valence-electron chi connectivity index (χ2n) is 6.08. The number of para-hydroxylation sites is 1. The number of nitrogens with two attached hydrogens (primary N) is 1. The molecule has 3 N–H and O–H groups in total. The van der Waals surface area contributed by atoms with Gasteiger partial charge in [-0.3, -0.25) is 0 Å². The Morgan fingerprint density at radius 2 is 2.05 bits per heavy atom. The van der Waals surface area contributed by atoms with E-state index in [1.165, 1.54) is 0 Å². The van der Waals surface area contributed by atoms with Crippen LogP contribution in [0.25, 0.3) is 11.0 Å². The van der Waals surface area contributed by atoms with Crippen LogP contribution in [0.3, 0.4) is 0 Å². The number of fused-ring (bicyclic) bond motifs is 1. The lowest BCUT2D eigenvalue weighted by atomic mass is 10.1. The van der Waals surface area contributed by atoms with Crippen molar-refractivity contribution >= 4 is 17.1 Å². The Morgan fingerprint density at radius 1 is 1.38 bits per heavy atom. The van der Waals surface area contributed by atoms with E-state index in [-0.39, 0.29) is 6.54 Å². The Kier molecular flexibility index (Phi) is 4.23. The lowest BCUT2D eigenvalue weighted by molar-refractivity contribution is 0.0523. The number of nitrogens with one attached hydrogen (secondary N) is 1. The van der Waals surface area contributed by atoms with Crippen LogP contribution in [0.15, 0.2) is 28.7 Å². The normalized spacial score (nSPS) is 13.2. The molecule has 5 heteroatoms. The van der Waals surface area contributed by atoms with E-state index in [1.807, 2.05) is 52.0 Å². The Morgan fingerprint density at radius 3 is 2.67 bits per heavy atom. The van der Waals surface area contributed by atoms with Crippen LogP contribution >= 0.6 is 0 Å². The van der Waals surface area contributed by atoms with Crippen LogP contribution in [0.4, 0.5) is 4.79 Å². The van der Waals surface area contributed by atoms with E-state index in [2.05, 4.69) is 5.32 Å². The Hall–Kier alpha value is -2.01. The Balaban J connectivity index is 2.04. The maximum absolute atomic E-state index is 11.6. The number of carbonyl (C=O) groups excluding carboxylic acids is 1. The molecule has 0 saturated carbocycles. The molecule has 2 aromatic rings. The standard InChI is InChI=1S/C16H22N2O3/c1-10-11-7-5-6-8-13(11)20-14(10)12(17)9-18-15(19)21-16(2,3)4/h5-8,12H,9,17H2,1-4H3,(H,18,19). The molecule has 0 bridgehead atoms. The molecule has 21 heavy (non-hydrogen) atoms. The van der Waals surface area contributed by atoms with Crippen molar-refractivity contribution in [2.75, 3.05) is 6.54 Å². The van der Waals surface area contributed by atoms with Gasteiger partial charge in [0.2, 0.25) is 0 Å². The van der Waals surface area contributed by atoms with Crippen molar-refractivity contribution in [2.45, 2.75) is 39.3 Å². The van der Waals surface area contributed by atoms with Gasteiger partial charge < -0.3 is 20.2 Å². The summed E-state index contributed by atoms with van der Waals surface area (Å²) in [6.07, 6.45) is -0.480. The van der Waals surface area contributed by atoms with Gasteiger partial charge in [-0.1, -0.05) is 18.2 Å². The number of hydrogen-bond donors (Lipinski definition) is 2. The van der Waals surface area contributed by atoms with Crippen LogP contribution in [-0.4, -0.2) is 18.2 Å². The molecule has 1 aromatic heterocycles. The van der Waals surface area contributed by atoms with Crippen LogP contribution in [-0.2, 0) is 4.74 Å². The maximum Gasteiger partial charge on any atom is 0.407 e. The monoisotopic (exact) mass is 290 g/mol. The van der Waals surface area contributed by atoms with E-state index < -0.39 is 17.7 Å². The third kappa shape index (κ3) is 3.76. The first-order valence-corrected chi connectivity index (χ1v) is 6.98. The van der Waals surface area contributed by atoms with E-state index in [9.17, 15) is 4.79 Å². The summed E-state index contributed by atoms with van der Waals surface area (Å²) in [5.74, 6) is 0.687. The first-order chi connectivity index (χ1) is 9.78. The second-order valence-corrected chi connectivity index (χ2v) is 6.08. The largest absolute Gasteiger partial charge is 0.459 e. The van der Waals surface area contributed by atoms with Gasteiger partial charge in [0.05, 0.1) is 6.04 Å². The molecule has 5 nitrogen and oxygen atoms in total. The molecule has 1 atom stereocenters. The number of ether oxygens (including phenoxy) is 1. The molecule has 1 aromatic carbocycles. The zero-order valence-electron chi connectivity index (χ0n) is 12.9. The van der Waals surface area contributed by atoms with Gasteiger partial charge in [0.15, 0.2) is 0 Å². The lowest BCUT2D eigenvalue weighted by Gasteiger charge is -2.20. The highest BCUT2D eigenvalue weighted by atomic mass is 16.6. The summed E-state index contributed by atoms with van der Waals surface area (Å²) in [5.41, 5.74) is 7.39. The van der Waals surface area contributed by atoms with E-state index >= 15 is 0 Å². The number of rotatable bonds is 3. The van der Waals surface area contributed by atoms with Crippen LogP contribution in [0, 0.1) is 6.92 Å². The fraction of sp³-hybridized carbons (Fsp3) is 0.438. The number of hydrogen-bond acceptors (Lipinski definition) is 4. The number of furan rings is 1. The van der Waals surface area contributed by atoms with Gasteiger partial charge >= 0.3 is 6.09 Å². The molecule has 0 fully saturated rings. The fourth-order valence-electron chi connectivity index (χ4n) is 2.15. The molecule has 0 aliphatic carbocycles. The van der Waals surface area contributed by atoms with Crippen molar-refractivity contribution in [3.63, 3.8) is 0 Å². The number of alkyl carbamates (subject to hydrolysis) is 1. The SMILES string of the molecule is Cc1c(C(N)CNC(=O)OC(C)(C)C)oc2ccccc12. The quantitative estimate of drug-likeness (QED) is 0.909. The first kappa shape index (κ1) is 15.4. The minimum absolute atomic E-state index is 0.259. The van der Waals surface area contributed by atoms with E-state index in [0.29, 0.717) is 5.76 Å². The predicted octanol–water partition coefficient (Wildman–Crippen LogP) is 3.27. The van der Waals surface area contributed by atoms with Crippen molar-refractivity contribution in [1.29, 1.82) is 0 Å². The van der Waals surface area contributed by atoms with Crippen molar-refractivity contribution in [1.82, 2.24) is 5.32 Å². The molecule has 1 amide bonds. The summed E-state index contributed by atoms with van der Waals surface area (Å²) in [7, 11) is 0. The number of benzene rings is 1. The smallest absolute Gasteiger partial charge is 0.407 e. The second kappa shape index (κ2) is 5.77. The first-order valence-electron chi connectivity index (χ1n) is 6.98. The highest BCUT2D eigenvalue weighted by Crippen LogP contribution is 2.28. The Bertz CT molecular complexity index is 640. The maximum atomic E-state index is 11.6. The molecule has 0 aliphatic rings. The summed E-state index contributed by atoms with van der Waals surface area (Å²) in [6, 6.07) is 7.36. The molecular weight excluding hydrogens is 268 g/mol. The molecule has 0 saturated heterocycles. The van der Waals surface area contributed by atoms with Gasteiger partial charge in [0, 0.05) is 17.5 Å². The summed E-state index contributed by atoms with van der Waals surface area (Å²) >= 11 is 0. The molecular formula is C16H22N2O3. The topological polar surface area (TPSA) is 77.5 Å². The average molecular weight is 290 g/mol. The molecule has 0 aliphatic heterocycles. The van der Waals surface area contributed by atoms with Gasteiger partial charge in [-0.05, 0) is 33.8 Å². The van der Waals surface area contributed by atoms with Crippen LogP contribution in [0.5, 0.6) is 0 Å². The summed E-state index contributed by atoms with van der Waals surface area (Å²) < 4.78 is 11.0. The van der Waals surface area contributed by atoms with Crippen LogP contribution in [0.2, 0.25) is 0 Å². The number of carbonyl (C=O) groups is 1. The van der Waals surface area contributed by atoms with Crippen LogP contribution in [0.1, 0.15) is 38.1 Å². The summed E-state index contributed by atoms with van der Waals surface area (Å²) in [5, 5.41) is 3.70. The molecule has 114 valence electrons.